The van der Waals surface area contributed by atoms with Crippen molar-refractivity contribution >= 4 is 37.5 Å². The number of halogens is 1. The van der Waals surface area contributed by atoms with E-state index in [1.54, 1.807) is 36.4 Å². The Morgan fingerprint density at radius 1 is 0.931 bits per heavy atom. The van der Waals surface area contributed by atoms with Gasteiger partial charge in [-0.25, -0.2) is 13.1 Å². The van der Waals surface area contributed by atoms with Crippen LogP contribution < -0.4 is 14.8 Å². The molecule has 0 bridgehead atoms. The molecule has 0 heterocycles. The Hall–Kier alpha value is -2.68. The molecule has 0 unspecified atom stereocenters. The van der Waals surface area contributed by atoms with Gasteiger partial charge in [-0.1, -0.05) is 36.4 Å². The van der Waals surface area contributed by atoms with Crippen LogP contribution in [0.15, 0.2) is 88.2 Å². The molecular formula is C21H19BrN2O4S. The lowest BCUT2D eigenvalue weighted by atomic mass is 10.2. The van der Waals surface area contributed by atoms with Gasteiger partial charge in [0.25, 0.3) is 5.91 Å². The van der Waals surface area contributed by atoms with Gasteiger partial charge in [0.05, 0.1) is 10.6 Å². The second-order valence-corrected chi connectivity index (χ2v) is 8.64. The van der Waals surface area contributed by atoms with Crippen LogP contribution in [0.2, 0.25) is 0 Å². The monoisotopic (exact) mass is 474 g/mol. The lowest BCUT2D eigenvalue weighted by Crippen LogP contribution is -2.28. The Bertz CT molecular complexity index is 1090. The van der Waals surface area contributed by atoms with E-state index >= 15 is 0 Å². The van der Waals surface area contributed by atoms with Crippen molar-refractivity contribution in [3.63, 3.8) is 0 Å². The van der Waals surface area contributed by atoms with Crippen molar-refractivity contribution in [2.24, 2.45) is 0 Å². The Morgan fingerprint density at radius 3 is 2.41 bits per heavy atom. The average molecular weight is 475 g/mol. The molecule has 2 N–H and O–H groups in total. The fraction of sp³-hybridized carbons (Fsp3) is 0.0952. The summed E-state index contributed by atoms with van der Waals surface area (Å²) in [5.74, 6) is 0.263. The highest BCUT2D eigenvalue weighted by atomic mass is 79.9. The molecule has 3 rings (SSSR count). The number of hydrogen-bond donors (Lipinski definition) is 2. The van der Waals surface area contributed by atoms with E-state index in [-0.39, 0.29) is 23.6 Å². The van der Waals surface area contributed by atoms with Crippen molar-refractivity contribution in [1.82, 2.24) is 4.72 Å². The summed E-state index contributed by atoms with van der Waals surface area (Å²) in [6, 6.07) is 22.2. The Labute approximate surface area is 178 Å². The molecule has 6 nitrogen and oxygen atoms in total. The number of ether oxygens (including phenoxy) is 1. The number of rotatable bonds is 8. The molecular weight excluding hydrogens is 456 g/mol. The molecule has 3 aromatic rings. The topological polar surface area (TPSA) is 84.5 Å². The van der Waals surface area contributed by atoms with E-state index in [0.717, 1.165) is 4.47 Å². The minimum Gasteiger partial charge on any atom is -0.492 e. The molecule has 0 aliphatic carbocycles. The lowest BCUT2D eigenvalue weighted by molar-refractivity contribution is 0.102. The van der Waals surface area contributed by atoms with Crippen molar-refractivity contribution in [3.8, 4) is 5.75 Å². The highest BCUT2D eigenvalue weighted by Crippen LogP contribution is 2.22. The first-order valence-corrected chi connectivity index (χ1v) is 11.1. The molecule has 0 atom stereocenters. The number of carbonyl (C=O) groups is 1. The zero-order valence-electron chi connectivity index (χ0n) is 15.3. The third kappa shape index (κ3) is 5.90. The van der Waals surface area contributed by atoms with Gasteiger partial charge >= 0.3 is 0 Å². The number of para-hydroxylation sites is 2. The number of benzene rings is 3. The van der Waals surface area contributed by atoms with E-state index in [4.69, 9.17) is 4.74 Å². The predicted octanol–water partition coefficient (Wildman–Crippen LogP) is 4.06. The van der Waals surface area contributed by atoms with Gasteiger partial charge in [-0.15, -0.1) is 0 Å². The highest BCUT2D eigenvalue weighted by molar-refractivity contribution is 9.10. The minimum atomic E-state index is -3.77. The summed E-state index contributed by atoms with van der Waals surface area (Å²) in [4.78, 5) is 12.5. The molecule has 3 aromatic carbocycles. The number of hydrogen-bond acceptors (Lipinski definition) is 4. The maximum atomic E-state index is 12.5. The average Bonchev–Trinajstić information content (AvgIpc) is 2.74. The number of amides is 1. The molecule has 0 spiro atoms. The Balaban J connectivity index is 1.62. The first-order valence-electron chi connectivity index (χ1n) is 8.79. The first-order chi connectivity index (χ1) is 14.0. The molecule has 0 aliphatic heterocycles. The van der Waals surface area contributed by atoms with Crippen LogP contribution in [-0.2, 0) is 10.0 Å². The Morgan fingerprint density at radius 2 is 1.66 bits per heavy atom. The fourth-order valence-corrected chi connectivity index (χ4v) is 3.95. The SMILES string of the molecule is O=C(Nc1ccccc1Br)c1cccc(S(=O)(=O)NCCOc2ccccc2)c1. The molecule has 0 aliphatic rings. The lowest BCUT2D eigenvalue weighted by Gasteiger charge is -2.10. The van der Waals surface area contributed by atoms with Gasteiger partial charge in [-0.2, -0.15) is 0 Å². The normalized spacial score (nSPS) is 11.1. The maximum Gasteiger partial charge on any atom is 0.255 e. The van der Waals surface area contributed by atoms with E-state index in [1.807, 2.05) is 24.3 Å². The largest absolute Gasteiger partial charge is 0.492 e. The van der Waals surface area contributed by atoms with Crippen LogP contribution in [-0.4, -0.2) is 27.5 Å². The molecule has 1 amide bonds. The van der Waals surface area contributed by atoms with Crippen LogP contribution in [0.5, 0.6) is 5.75 Å². The summed E-state index contributed by atoms with van der Waals surface area (Å²) in [6.45, 7) is 0.288. The molecule has 0 saturated carbocycles. The molecule has 0 saturated heterocycles. The van der Waals surface area contributed by atoms with E-state index in [1.165, 1.54) is 18.2 Å². The van der Waals surface area contributed by atoms with Gasteiger partial charge in [0.2, 0.25) is 10.0 Å². The van der Waals surface area contributed by atoms with E-state index in [2.05, 4.69) is 26.0 Å². The predicted molar refractivity (Wildman–Crippen MR) is 116 cm³/mol. The van der Waals surface area contributed by atoms with E-state index < -0.39 is 15.9 Å². The zero-order chi connectivity index (χ0) is 20.7. The van der Waals surface area contributed by atoms with Crippen molar-refractivity contribution in [2.45, 2.75) is 4.90 Å². The number of anilines is 1. The summed E-state index contributed by atoms with van der Waals surface area (Å²) < 4.78 is 33.7. The van der Waals surface area contributed by atoms with Crippen LogP contribution >= 0.6 is 15.9 Å². The molecule has 150 valence electrons. The molecule has 8 heteroatoms. The second-order valence-electron chi connectivity index (χ2n) is 6.02. The zero-order valence-corrected chi connectivity index (χ0v) is 17.7. The summed E-state index contributed by atoms with van der Waals surface area (Å²) in [5, 5.41) is 2.75. The van der Waals surface area contributed by atoms with Crippen LogP contribution in [0.25, 0.3) is 0 Å². The number of nitrogens with one attached hydrogen (secondary N) is 2. The summed E-state index contributed by atoms with van der Waals surface area (Å²) in [5.41, 5.74) is 0.839. The smallest absolute Gasteiger partial charge is 0.255 e. The molecule has 0 aromatic heterocycles. The van der Waals surface area contributed by atoms with Gasteiger partial charge in [0.15, 0.2) is 0 Å². The third-order valence-electron chi connectivity index (χ3n) is 3.93. The van der Waals surface area contributed by atoms with Crippen LogP contribution in [0.1, 0.15) is 10.4 Å². The quantitative estimate of drug-likeness (QED) is 0.482. The van der Waals surface area contributed by atoms with E-state index in [9.17, 15) is 13.2 Å². The molecule has 0 radical (unpaired) electrons. The van der Waals surface area contributed by atoms with Gasteiger partial charge in [-0.05, 0) is 58.4 Å². The van der Waals surface area contributed by atoms with Crippen LogP contribution in [0.3, 0.4) is 0 Å². The molecule has 29 heavy (non-hydrogen) atoms. The molecule has 0 fully saturated rings. The summed E-state index contributed by atoms with van der Waals surface area (Å²) in [7, 11) is -3.77. The van der Waals surface area contributed by atoms with Gasteiger partial charge in [0, 0.05) is 16.6 Å². The van der Waals surface area contributed by atoms with E-state index in [0.29, 0.717) is 11.4 Å². The van der Waals surface area contributed by atoms with Gasteiger partial charge < -0.3 is 10.1 Å². The summed E-state index contributed by atoms with van der Waals surface area (Å²) >= 11 is 3.36. The van der Waals surface area contributed by atoms with Gasteiger partial charge in [-0.3, -0.25) is 4.79 Å². The minimum absolute atomic E-state index is 0.0111. The standard InChI is InChI=1S/C21H19BrN2O4S/c22-19-11-4-5-12-20(19)24-21(25)16-7-6-10-18(15-16)29(26,27)23-13-14-28-17-8-2-1-3-9-17/h1-12,15,23H,13-14H2,(H,24,25). The first kappa shape index (κ1) is 21.0. The van der Waals surface area contributed by atoms with Crippen molar-refractivity contribution in [1.29, 1.82) is 0 Å². The van der Waals surface area contributed by atoms with Crippen molar-refractivity contribution < 1.29 is 17.9 Å². The van der Waals surface area contributed by atoms with Crippen LogP contribution in [0.4, 0.5) is 5.69 Å². The maximum absolute atomic E-state index is 12.5. The Kier molecular flexibility index (Phi) is 7.03. The van der Waals surface area contributed by atoms with Crippen molar-refractivity contribution in [2.75, 3.05) is 18.5 Å². The number of carbonyl (C=O) groups excluding carboxylic acids is 1. The summed E-state index contributed by atoms with van der Waals surface area (Å²) in [6.07, 6.45) is 0. The fourth-order valence-electron chi connectivity index (χ4n) is 2.51. The number of sulfonamides is 1. The van der Waals surface area contributed by atoms with Gasteiger partial charge in [0.1, 0.15) is 12.4 Å². The second kappa shape index (κ2) is 9.69. The van der Waals surface area contributed by atoms with Crippen LogP contribution in [0, 0.1) is 0 Å². The third-order valence-corrected chi connectivity index (χ3v) is 6.08. The highest BCUT2D eigenvalue weighted by Gasteiger charge is 2.16. The van der Waals surface area contributed by atoms with Crippen molar-refractivity contribution in [3.05, 3.63) is 88.9 Å².